The van der Waals surface area contributed by atoms with Gasteiger partial charge in [-0.25, -0.2) is 9.59 Å². The monoisotopic (exact) mass is 254 g/mol. The predicted molar refractivity (Wildman–Crippen MR) is 70.0 cm³/mol. The molecule has 4 heteroatoms. The van der Waals surface area contributed by atoms with Crippen LogP contribution < -0.4 is 0 Å². The molecule has 0 saturated heterocycles. The minimum absolute atomic E-state index is 0.0749. The van der Waals surface area contributed by atoms with Gasteiger partial charge in [-0.1, -0.05) is 26.0 Å². The first kappa shape index (κ1) is 16.4. The second kappa shape index (κ2) is 10.6. The molecule has 18 heavy (non-hydrogen) atoms. The lowest BCUT2D eigenvalue weighted by Crippen LogP contribution is -2.12. The topological polar surface area (TPSA) is 52.6 Å². The van der Waals surface area contributed by atoms with Gasteiger partial charge in [-0.15, -0.1) is 0 Å². The Morgan fingerprint density at radius 2 is 1.67 bits per heavy atom. The summed E-state index contributed by atoms with van der Waals surface area (Å²) in [7, 11) is 0. The first-order valence-electron chi connectivity index (χ1n) is 6.22. The number of hydrogen-bond acceptors (Lipinski definition) is 4. The van der Waals surface area contributed by atoms with Gasteiger partial charge in [0, 0.05) is 12.2 Å². The molecule has 0 aromatic carbocycles. The fourth-order valence-electron chi connectivity index (χ4n) is 1.42. The average molecular weight is 254 g/mol. The summed E-state index contributed by atoms with van der Waals surface area (Å²) in [6, 6.07) is 0. The van der Waals surface area contributed by atoms with E-state index in [0.717, 1.165) is 38.2 Å². The minimum atomic E-state index is -0.376. The van der Waals surface area contributed by atoms with E-state index in [2.05, 4.69) is 13.2 Å². The van der Waals surface area contributed by atoms with Crippen LogP contribution >= 0.6 is 0 Å². The molecule has 0 fully saturated rings. The lowest BCUT2D eigenvalue weighted by Gasteiger charge is -2.11. The third kappa shape index (κ3) is 9.63. The van der Waals surface area contributed by atoms with Gasteiger partial charge >= 0.3 is 11.9 Å². The van der Waals surface area contributed by atoms with Crippen LogP contribution in [0.1, 0.15) is 39.0 Å². The summed E-state index contributed by atoms with van der Waals surface area (Å²) in [5, 5.41) is 0. The van der Waals surface area contributed by atoms with E-state index < -0.39 is 0 Å². The van der Waals surface area contributed by atoms with Crippen molar-refractivity contribution in [3.05, 3.63) is 25.3 Å². The quantitative estimate of drug-likeness (QED) is 0.342. The zero-order valence-electron chi connectivity index (χ0n) is 11.0. The van der Waals surface area contributed by atoms with Crippen LogP contribution in [0, 0.1) is 0 Å². The molecule has 0 amide bonds. The third-order valence-electron chi connectivity index (χ3n) is 2.40. The van der Waals surface area contributed by atoms with Crippen LogP contribution in [0.3, 0.4) is 0 Å². The number of carbonyl (C=O) groups excluding carboxylic acids is 2. The van der Waals surface area contributed by atoms with Crippen LogP contribution in [-0.4, -0.2) is 24.6 Å². The van der Waals surface area contributed by atoms with Crippen molar-refractivity contribution in [3.8, 4) is 0 Å². The molecule has 0 spiro atoms. The molecule has 0 heterocycles. The van der Waals surface area contributed by atoms with E-state index >= 15 is 0 Å². The van der Waals surface area contributed by atoms with Gasteiger partial charge in [0.15, 0.2) is 0 Å². The van der Waals surface area contributed by atoms with E-state index in [1.807, 2.05) is 6.92 Å². The average Bonchev–Trinajstić information content (AvgIpc) is 2.36. The molecular weight excluding hydrogens is 232 g/mol. The van der Waals surface area contributed by atoms with Gasteiger partial charge in [0.2, 0.25) is 0 Å². The molecule has 0 N–H and O–H groups in total. The van der Waals surface area contributed by atoms with Gasteiger partial charge < -0.3 is 9.47 Å². The van der Waals surface area contributed by atoms with Crippen molar-refractivity contribution in [2.45, 2.75) is 45.1 Å². The smallest absolute Gasteiger partial charge is 0.330 e. The molecule has 0 aliphatic heterocycles. The molecule has 0 aromatic rings. The Balaban J connectivity index is 3.34. The van der Waals surface area contributed by atoms with Crippen LogP contribution in [0.5, 0.6) is 0 Å². The van der Waals surface area contributed by atoms with Crippen molar-refractivity contribution in [3.63, 3.8) is 0 Å². The molecular formula is C14H22O4. The van der Waals surface area contributed by atoms with Crippen molar-refractivity contribution < 1.29 is 19.1 Å². The van der Waals surface area contributed by atoms with E-state index in [1.165, 1.54) is 6.08 Å². The van der Waals surface area contributed by atoms with Gasteiger partial charge in [0.1, 0.15) is 0 Å². The first-order valence-corrected chi connectivity index (χ1v) is 6.22. The maximum absolute atomic E-state index is 10.9. The van der Waals surface area contributed by atoms with Gasteiger partial charge in [0.25, 0.3) is 0 Å². The number of carbonyl (C=O) groups is 2. The SMILES string of the molecule is C=CC(=O)OCCCCCCC(C)OC(=O)C=C. The van der Waals surface area contributed by atoms with Crippen LogP contribution in [0.15, 0.2) is 25.3 Å². The molecule has 102 valence electrons. The van der Waals surface area contributed by atoms with Gasteiger partial charge in [0.05, 0.1) is 12.7 Å². The van der Waals surface area contributed by atoms with E-state index in [1.54, 1.807) is 0 Å². The Morgan fingerprint density at radius 1 is 1.06 bits per heavy atom. The fourth-order valence-corrected chi connectivity index (χ4v) is 1.42. The van der Waals surface area contributed by atoms with E-state index in [4.69, 9.17) is 9.47 Å². The molecule has 0 rings (SSSR count). The molecule has 0 bridgehead atoms. The van der Waals surface area contributed by atoms with Crippen LogP contribution in [0.2, 0.25) is 0 Å². The molecule has 4 nitrogen and oxygen atoms in total. The normalized spacial score (nSPS) is 11.4. The summed E-state index contributed by atoms with van der Waals surface area (Å²) in [6.45, 7) is 8.96. The summed E-state index contributed by atoms with van der Waals surface area (Å²) in [5.74, 6) is -0.751. The molecule has 0 aliphatic carbocycles. The van der Waals surface area contributed by atoms with Crippen molar-refractivity contribution in [2.24, 2.45) is 0 Å². The van der Waals surface area contributed by atoms with Crippen LogP contribution in [0.4, 0.5) is 0 Å². The predicted octanol–water partition coefficient (Wildman–Crippen LogP) is 2.78. The summed E-state index contributed by atoms with van der Waals surface area (Å²) < 4.78 is 9.88. The molecule has 0 aromatic heterocycles. The van der Waals surface area contributed by atoms with E-state index in [9.17, 15) is 9.59 Å². The lowest BCUT2D eigenvalue weighted by atomic mass is 10.1. The van der Waals surface area contributed by atoms with Gasteiger partial charge in [-0.2, -0.15) is 0 Å². The zero-order chi connectivity index (χ0) is 13.8. The van der Waals surface area contributed by atoms with Crippen molar-refractivity contribution in [1.29, 1.82) is 0 Å². The Morgan fingerprint density at radius 3 is 2.28 bits per heavy atom. The fraction of sp³-hybridized carbons (Fsp3) is 0.571. The van der Waals surface area contributed by atoms with E-state index in [-0.39, 0.29) is 18.0 Å². The highest BCUT2D eigenvalue weighted by atomic mass is 16.5. The third-order valence-corrected chi connectivity index (χ3v) is 2.40. The van der Waals surface area contributed by atoms with Crippen LogP contribution in [0.25, 0.3) is 0 Å². The largest absolute Gasteiger partial charge is 0.463 e. The second-order valence-electron chi connectivity index (χ2n) is 4.03. The maximum Gasteiger partial charge on any atom is 0.330 e. The highest BCUT2D eigenvalue weighted by Gasteiger charge is 2.05. The van der Waals surface area contributed by atoms with Crippen molar-refractivity contribution in [2.75, 3.05) is 6.61 Å². The maximum atomic E-state index is 10.9. The van der Waals surface area contributed by atoms with Crippen molar-refractivity contribution >= 4 is 11.9 Å². The Labute approximate surface area is 109 Å². The second-order valence-corrected chi connectivity index (χ2v) is 4.03. The Bertz CT molecular complexity index is 284. The van der Waals surface area contributed by atoms with Gasteiger partial charge in [-0.05, 0) is 26.2 Å². The molecule has 0 aliphatic rings. The van der Waals surface area contributed by atoms with Gasteiger partial charge in [-0.3, -0.25) is 0 Å². The number of unbranched alkanes of at least 4 members (excludes halogenated alkanes) is 3. The summed E-state index contributed by atoms with van der Waals surface area (Å²) in [5.41, 5.74) is 0. The summed E-state index contributed by atoms with van der Waals surface area (Å²) in [6.07, 6.45) is 6.95. The molecule has 1 unspecified atom stereocenters. The minimum Gasteiger partial charge on any atom is -0.463 e. The number of esters is 2. The lowest BCUT2D eigenvalue weighted by molar-refractivity contribution is -0.142. The summed E-state index contributed by atoms with van der Waals surface area (Å²) in [4.78, 5) is 21.6. The molecule has 0 saturated carbocycles. The first-order chi connectivity index (χ1) is 8.60. The van der Waals surface area contributed by atoms with E-state index in [0.29, 0.717) is 6.61 Å². The number of hydrogen-bond donors (Lipinski definition) is 0. The summed E-state index contributed by atoms with van der Waals surface area (Å²) >= 11 is 0. The zero-order valence-corrected chi connectivity index (χ0v) is 11.0. The highest BCUT2D eigenvalue weighted by Crippen LogP contribution is 2.08. The van der Waals surface area contributed by atoms with Crippen molar-refractivity contribution in [1.82, 2.24) is 0 Å². The Hall–Kier alpha value is -1.58. The Kier molecular flexibility index (Phi) is 9.64. The highest BCUT2D eigenvalue weighted by molar-refractivity contribution is 5.81. The number of rotatable bonds is 10. The number of ether oxygens (including phenoxy) is 2. The molecule has 0 radical (unpaired) electrons. The van der Waals surface area contributed by atoms with Crippen LogP contribution in [-0.2, 0) is 19.1 Å². The molecule has 1 atom stereocenters. The standard InChI is InChI=1S/C14H22O4/c1-4-13(15)17-11-9-7-6-8-10-12(3)18-14(16)5-2/h4-5,12H,1-2,6-11H2,3H3.